The molecule has 1 aromatic carbocycles. The zero-order valence-corrected chi connectivity index (χ0v) is 13.2. The van der Waals surface area contributed by atoms with Crippen molar-refractivity contribution < 1.29 is 9.53 Å². The van der Waals surface area contributed by atoms with Crippen LogP contribution in [0.25, 0.3) is 0 Å². The SMILES string of the molecule is CCc1ccc2c(c1)[C@H](C)N(C(=O)OC(C)(C)C)CC2. The molecule has 20 heavy (non-hydrogen) atoms. The fraction of sp³-hybridized carbons (Fsp3) is 0.588. The van der Waals surface area contributed by atoms with Gasteiger partial charge in [-0.05, 0) is 57.2 Å². The number of carbonyl (C=O) groups is 1. The lowest BCUT2D eigenvalue weighted by atomic mass is 9.91. The Morgan fingerprint density at radius 1 is 1.40 bits per heavy atom. The first-order valence-electron chi connectivity index (χ1n) is 7.43. The maximum absolute atomic E-state index is 12.3. The van der Waals surface area contributed by atoms with Crippen molar-refractivity contribution >= 4 is 6.09 Å². The van der Waals surface area contributed by atoms with E-state index in [0.717, 1.165) is 19.4 Å². The molecule has 0 N–H and O–H groups in total. The fourth-order valence-corrected chi connectivity index (χ4v) is 2.65. The highest BCUT2D eigenvalue weighted by Gasteiger charge is 2.30. The molecule has 1 atom stereocenters. The van der Waals surface area contributed by atoms with Crippen LogP contribution in [0.15, 0.2) is 18.2 Å². The molecule has 110 valence electrons. The molecule has 0 saturated heterocycles. The van der Waals surface area contributed by atoms with Gasteiger partial charge in [0.25, 0.3) is 0 Å². The Labute approximate surface area is 121 Å². The first kappa shape index (κ1) is 14.9. The summed E-state index contributed by atoms with van der Waals surface area (Å²) in [5.74, 6) is 0. The van der Waals surface area contributed by atoms with Crippen LogP contribution in [0.5, 0.6) is 0 Å². The van der Waals surface area contributed by atoms with E-state index in [2.05, 4.69) is 32.0 Å². The molecule has 1 aromatic rings. The van der Waals surface area contributed by atoms with Gasteiger partial charge in [0.2, 0.25) is 0 Å². The first-order valence-corrected chi connectivity index (χ1v) is 7.43. The molecule has 0 radical (unpaired) electrons. The Bertz CT molecular complexity index is 502. The smallest absolute Gasteiger partial charge is 0.410 e. The van der Waals surface area contributed by atoms with E-state index in [1.54, 1.807) is 0 Å². The Hall–Kier alpha value is -1.51. The summed E-state index contributed by atoms with van der Waals surface area (Å²) in [4.78, 5) is 14.1. The second-order valence-electron chi connectivity index (χ2n) is 6.49. The van der Waals surface area contributed by atoms with Crippen LogP contribution in [0.3, 0.4) is 0 Å². The number of nitrogens with zero attached hydrogens (tertiary/aromatic N) is 1. The van der Waals surface area contributed by atoms with Crippen molar-refractivity contribution in [3.63, 3.8) is 0 Å². The Morgan fingerprint density at radius 3 is 2.70 bits per heavy atom. The van der Waals surface area contributed by atoms with Crippen LogP contribution in [0.1, 0.15) is 57.4 Å². The van der Waals surface area contributed by atoms with E-state index in [1.807, 2.05) is 25.7 Å². The summed E-state index contributed by atoms with van der Waals surface area (Å²) in [6.45, 7) is 10.7. The molecule has 0 bridgehead atoms. The van der Waals surface area contributed by atoms with E-state index < -0.39 is 5.60 Å². The Kier molecular flexibility index (Phi) is 4.07. The van der Waals surface area contributed by atoms with E-state index in [4.69, 9.17) is 4.74 Å². The predicted octanol–water partition coefficient (Wildman–Crippen LogP) is 4.10. The van der Waals surface area contributed by atoms with Crippen molar-refractivity contribution in [1.29, 1.82) is 0 Å². The maximum atomic E-state index is 12.3. The molecule has 0 saturated carbocycles. The zero-order valence-electron chi connectivity index (χ0n) is 13.2. The molecule has 1 aliphatic rings. The summed E-state index contributed by atoms with van der Waals surface area (Å²) < 4.78 is 5.51. The molecule has 0 fully saturated rings. The van der Waals surface area contributed by atoms with Crippen LogP contribution in [0, 0.1) is 0 Å². The molecule has 0 aliphatic carbocycles. The highest BCUT2D eigenvalue weighted by Crippen LogP contribution is 2.31. The number of aryl methyl sites for hydroxylation is 1. The van der Waals surface area contributed by atoms with E-state index in [9.17, 15) is 4.79 Å². The topological polar surface area (TPSA) is 29.5 Å². The second kappa shape index (κ2) is 5.47. The average Bonchev–Trinajstić information content (AvgIpc) is 2.36. The van der Waals surface area contributed by atoms with Gasteiger partial charge in [0, 0.05) is 6.54 Å². The molecule has 1 heterocycles. The lowest BCUT2D eigenvalue weighted by molar-refractivity contribution is 0.0159. The van der Waals surface area contributed by atoms with Crippen molar-refractivity contribution in [3.8, 4) is 0 Å². The maximum Gasteiger partial charge on any atom is 0.410 e. The summed E-state index contributed by atoms with van der Waals surface area (Å²) in [5, 5.41) is 0. The largest absolute Gasteiger partial charge is 0.444 e. The highest BCUT2D eigenvalue weighted by atomic mass is 16.6. The number of fused-ring (bicyclic) bond motifs is 1. The van der Waals surface area contributed by atoms with E-state index in [0.29, 0.717) is 0 Å². The third-order valence-corrected chi connectivity index (χ3v) is 3.79. The summed E-state index contributed by atoms with van der Waals surface area (Å²) in [6, 6.07) is 6.71. The lowest BCUT2D eigenvalue weighted by Crippen LogP contribution is -2.42. The van der Waals surface area contributed by atoms with Crippen molar-refractivity contribution in [2.75, 3.05) is 6.54 Å². The van der Waals surface area contributed by atoms with Gasteiger partial charge >= 0.3 is 6.09 Å². The average molecular weight is 275 g/mol. The van der Waals surface area contributed by atoms with Gasteiger partial charge in [-0.2, -0.15) is 0 Å². The van der Waals surface area contributed by atoms with Gasteiger partial charge in [-0.1, -0.05) is 25.1 Å². The number of amides is 1. The number of carbonyl (C=O) groups excluding carboxylic acids is 1. The lowest BCUT2D eigenvalue weighted by Gasteiger charge is -2.36. The fourth-order valence-electron chi connectivity index (χ4n) is 2.65. The minimum Gasteiger partial charge on any atom is -0.444 e. The van der Waals surface area contributed by atoms with Crippen molar-refractivity contribution in [2.24, 2.45) is 0 Å². The quantitative estimate of drug-likeness (QED) is 0.772. The predicted molar refractivity (Wildman–Crippen MR) is 80.9 cm³/mol. The van der Waals surface area contributed by atoms with Crippen molar-refractivity contribution in [1.82, 2.24) is 4.90 Å². The normalized spacial score (nSPS) is 18.6. The third kappa shape index (κ3) is 3.14. The molecule has 1 amide bonds. The first-order chi connectivity index (χ1) is 9.31. The van der Waals surface area contributed by atoms with E-state index in [-0.39, 0.29) is 12.1 Å². The Balaban J connectivity index is 2.22. The molecule has 0 spiro atoms. The summed E-state index contributed by atoms with van der Waals surface area (Å²) >= 11 is 0. The molecule has 3 nitrogen and oxygen atoms in total. The van der Waals surface area contributed by atoms with Gasteiger partial charge < -0.3 is 9.64 Å². The molecule has 1 aliphatic heterocycles. The van der Waals surface area contributed by atoms with Gasteiger partial charge in [0.1, 0.15) is 5.60 Å². The Morgan fingerprint density at radius 2 is 2.10 bits per heavy atom. The molecule has 0 unspecified atom stereocenters. The summed E-state index contributed by atoms with van der Waals surface area (Å²) in [5.41, 5.74) is 3.50. The van der Waals surface area contributed by atoms with Gasteiger partial charge in [-0.15, -0.1) is 0 Å². The molecule has 0 aromatic heterocycles. The van der Waals surface area contributed by atoms with E-state index in [1.165, 1.54) is 16.7 Å². The van der Waals surface area contributed by atoms with E-state index >= 15 is 0 Å². The number of rotatable bonds is 1. The monoisotopic (exact) mass is 275 g/mol. The molecular formula is C17H25NO2. The van der Waals surface area contributed by atoms with Crippen molar-refractivity contribution in [2.45, 2.75) is 59.1 Å². The molecular weight excluding hydrogens is 250 g/mol. The van der Waals surface area contributed by atoms with Crippen LogP contribution in [0.4, 0.5) is 4.79 Å². The van der Waals surface area contributed by atoms with Crippen LogP contribution < -0.4 is 0 Å². The summed E-state index contributed by atoms with van der Waals surface area (Å²) in [6.07, 6.45) is 1.72. The molecule has 2 rings (SSSR count). The number of hydrogen-bond acceptors (Lipinski definition) is 2. The molecule has 3 heteroatoms. The van der Waals surface area contributed by atoms with Gasteiger partial charge in [-0.3, -0.25) is 0 Å². The number of hydrogen-bond donors (Lipinski definition) is 0. The minimum absolute atomic E-state index is 0.0834. The highest BCUT2D eigenvalue weighted by molar-refractivity contribution is 5.69. The standard InChI is InChI=1S/C17H25NO2/c1-6-13-7-8-14-9-10-18(12(2)15(14)11-13)16(19)20-17(3,4)5/h7-8,11-12H,6,9-10H2,1-5H3/t12-/m0/s1. The van der Waals surface area contributed by atoms with Gasteiger partial charge in [-0.25, -0.2) is 4.79 Å². The van der Waals surface area contributed by atoms with Crippen molar-refractivity contribution in [3.05, 3.63) is 34.9 Å². The van der Waals surface area contributed by atoms with Crippen LogP contribution in [0.2, 0.25) is 0 Å². The number of ether oxygens (including phenoxy) is 1. The second-order valence-corrected chi connectivity index (χ2v) is 6.49. The van der Waals surface area contributed by atoms with Crippen LogP contribution >= 0.6 is 0 Å². The summed E-state index contributed by atoms with van der Waals surface area (Å²) in [7, 11) is 0. The van der Waals surface area contributed by atoms with Gasteiger partial charge in [0.05, 0.1) is 6.04 Å². The van der Waals surface area contributed by atoms with Crippen LogP contribution in [-0.4, -0.2) is 23.1 Å². The van der Waals surface area contributed by atoms with Gasteiger partial charge in [0.15, 0.2) is 0 Å². The zero-order chi connectivity index (χ0) is 14.9. The minimum atomic E-state index is -0.442. The number of benzene rings is 1. The third-order valence-electron chi connectivity index (χ3n) is 3.79. The van der Waals surface area contributed by atoms with Crippen LogP contribution in [-0.2, 0) is 17.6 Å².